The van der Waals surface area contributed by atoms with Crippen LogP contribution in [0.1, 0.15) is 22.8 Å². The highest BCUT2D eigenvalue weighted by molar-refractivity contribution is 9.10. The van der Waals surface area contributed by atoms with E-state index in [4.69, 9.17) is 4.74 Å². The summed E-state index contributed by atoms with van der Waals surface area (Å²) in [5.74, 6) is -1.70. The van der Waals surface area contributed by atoms with Crippen LogP contribution in [0, 0.1) is 17.1 Å². The molecule has 0 aliphatic heterocycles. The molecule has 0 aliphatic carbocycles. The molecular formula is C19H14BrFN2O3. The second-order valence-electron chi connectivity index (χ2n) is 5.09. The van der Waals surface area contributed by atoms with Crippen LogP contribution in [-0.2, 0) is 9.53 Å². The fraction of sp³-hybridized carbons (Fsp3) is 0.105. The lowest BCUT2D eigenvalue weighted by atomic mass is 10.1. The first-order chi connectivity index (χ1) is 12.4. The highest BCUT2D eigenvalue weighted by Crippen LogP contribution is 2.18. The zero-order valence-corrected chi connectivity index (χ0v) is 15.3. The molecule has 0 bridgehead atoms. The summed E-state index contributed by atoms with van der Waals surface area (Å²) in [6, 6.07) is 12.1. The highest BCUT2D eigenvalue weighted by atomic mass is 79.9. The smallest absolute Gasteiger partial charge is 0.338 e. The number of amides is 1. The number of carbonyl (C=O) groups is 2. The van der Waals surface area contributed by atoms with Crippen molar-refractivity contribution in [3.05, 3.63) is 69.5 Å². The molecule has 132 valence electrons. The van der Waals surface area contributed by atoms with Gasteiger partial charge in [-0.1, -0.05) is 22.0 Å². The molecule has 0 unspecified atom stereocenters. The van der Waals surface area contributed by atoms with Crippen molar-refractivity contribution in [2.75, 3.05) is 11.9 Å². The van der Waals surface area contributed by atoms with Crippen LogP contribution in [0.15, 0.2) is 52.5 Å². The van der Waals surface area contributed by atoms with Crippen LogP contribution >= 0.6 is 15.9 Å². The molecule has 2 aromatic rings. The first-order valence-electron chi connectivity index (χ1n) is 7.60. The molecule has 0 aliphatic rings. The van der Waals surface area contributed by atoms with Crippen molar-refractivity contribution in [1.29, 1.82) is 5.26 Å². The topological polar surface area (TPSA) is 79.2 Å². The Kier molecular flexibility index (Phi) is 6.64. The number of nitrogens with zero attached hydrogens (tertiary/aromatic N) is 1. The van der Waals surface area contributed by atoms with Gasteiger partial charge in [0.25, 0.3) is 5.91 Å². The van der Waals surface area contributed by atoms with Crippen molar-refractivity contribution >= 4 is 39.6 Å². The summed E-state index contributed by atoms with van der Waals surface area (Å²) in [7, 11) is 0. The van der Waals surface area contributed by atoms with E-state index in [1.165, 1.54) is 42.5 Å². The second-order valence-corrected chi connectivity index (χ2v) is 6.00. The van der Waals surface area contributed by atoms with Crippen LogP contribution in [0.2, 0.25) is 0 Å². The summed E-state index contributed by atoms with van der Waals surface area (Å²) in [5.41, 5.74) is 0.608. The van der Waals surface area contributed by atoms with Crippen LogP contribution in [0.3, 0.4) is 0 Å². The molecule has 0 saturated carbocycles. The van der Waals surface area contributed by atoms with Gasteiger partial charge < -0.3 is 10.1 Å². The first-order valence-corrected chi connectivity index (χ1v) is 8.39. The molecule has 5 nitrogen and oxygen atoms in total. The molecule has 0 fully saturated rings. The monoisotopic (exact) mass is 416 g/mol. The summed E-state index contributed by atoms with van der Waals surface area (Å²) >= 11 is 3.14. The molecule has 2 rings (SSSR count). The number of halogens is 2. The van der Waals surface area contributed by atoms with E-state index >= 15 is 0 Å². The van der Waals surface area contributed by atoms with Crippen LogP contribution in [-0.4, -0.2) is 18.5 Å². The number of benzene rings is 2. The molecule has 7 heteroatoms. The molecule has 0 heterocycles. The number of esters is 1. The second kappa shape index (κ2) is 8.92. The van der Waals surface area contributed by atoms with Crippen molar-refractivity contribution < 1.29 is 18.7 Å². The van der Waals surface area contributed by atoms with Gasteiger partial charge in [0.15, 0.2) is 0 Å². The summed E-state index contributed by atoms with van der Waals surface area (Å²) in [4.78, 5) is 23.8. The molecular weight excluding hydrogens is 403 g/mol. The number of rotatable bonds is 5. The van der Waals surface area contributed by atoms with Gasteiger partial charge in [0.1, 0.15) is 17.5 Å². The number of hydrogen-bond donors (Lipinski definition) is 1. The Morgan fingerprint density at radius 1 is 1.27 bits per heavy atom. The van der Waals surface area contributed by atoms with Gasteiger partial charge in [-0.05, 0) is 49.4 Å². The fourth-order valence-electron chi connectivity index (χ4n) is 2.03. The van der Waals surface area contributed by atoms with Gasteiger partial charge in [-0.25, -0.2) is 9.18 Å². The minimum absolute atomic E-state index is 0.123. The lowest BCUT2D eigenvalue weighted by Gasteiger charge is -2.06. The Morgan fingerprint density at radius 3 is 2.54 bits per heavy atom. The molecule has 0 aromatic heterocycles. The Bertz CT molecular complexity index is 902. The fourth-order valence-corrected chi connectivity index (χ4v) is 2.36. The lowest BCUT2D eigenvalue weighted by Crippen LogP contribution is -2.13. The molecule has 1 N–H and O–H groups in total. The van der Waals surface area contributed by atoms with Crippen LogP contribution in [0.25, 0.3) is 6.08 Å². The SMILES string of the molecule is CCOC(=O)c1ccc(NC(=O)/C(C#N)=C/c2ccc(Br)cc2F)cc1. The third kappa shape index (κ3) is 5.01. The average Bonchev–Trinajstić information content (AvgIpc) is 2.62. The van der Waals surface area contributed by atoms with Crippen molar-refractivity contribution in [2.45, 2.75) is 6.92 Å². The number of nitriles is 1. The van der Waals surface area contributed by atoms with Crippen molar-refractivity contribution in [3.8, 4) is 6.07 Å². The zero-order valence-electron chi connectivity index (χ0n) is 13.8. The normalized spacial score (nSPS) is 10.8. The highest BCUT2D eigenvalue weighted by Gasteiger charge is 2.12. The summed E-state index contributed by atoms with van der Waals surface area (Å²) in [5, 5.41) is 11.7. The zero-order chi connectivity index (χ0) is 19.1. The Morgan fingerprint density at radius 2 is 1.96 bits per heavy atom. The van der Waals surface area contributed by atoms with Gasteiger partial charge in [0.2, 0.25) is 0 Å². The minimum Gasteiger partial charge on any atom is -0.462 e. The molecule has 0 spiro atoms. The quantitative estimate of drug-likeness (QED) is 0.447. The largest absolute Gasteiger partial charge is 0.462 e. The Labute approximate surface area is 158 Å². The maximum Gasteiger partial charge on any atom is 0.338 e. The van der Waals surface area contributed by atoms with E-state index in [1.807, 2.05) is 0 Å². The van der Waals surface area contributed by atoms with Crippen LogP contribution in [0.4, 0.5) is 10.1 Å². The maximum absolute atomic E-state index is 13.9. The number of nitrogens with one attached hydrogen (secondary N) is 1. The third-order valence-electron chi connectivity index (χ3n) is 3.28. The number of ether oxygens (including phenoxy) is 1. The summed E-state index contributed by atoms with van der Waals surface area (Å²) in [6.45, 7) is 1.97. The van der Waals surface area contributed by atoms with Crippen LogP contribution < -0.4 is 5.32 Å². The third-order valence-corrected chi connectivity index (χ3v) is 3.77. The number of anilines is 1. The predicted octanol–water partition coefficient (Wildman–Crippen LogP) is 4.31. The van der Waals surface area contributed by atoms with E-state index < -0.39 is 17.7 Å². The van der Waals surface area contributed by atoms with Crippen molar-refractivity contribution in [1.82, 2.24) is 0 Å². The molecule has 0 atom stereocenters. The molecule has 0 saturated heterocycles. The van der Waals surface area contributed by atoms with E-state index in [0.717, 1.165) is 0 Å². The van der Waals surface area contributed by atoms with Gasteiger partial charge in [-0.15, -0.1) is 0 Å². The Balaban J connectivity index is 2.15. The molecule has 2 aromatic carbocycles. The average molecular weight is 417 g/mol. The lowest BCUT2D eigenvalue weighted by molar-refractivity contribution is -0.112. The first kappa shape index (κ1) is 19.3. The van der Waals surface area contributed by atoms with Gasteiger partial charge >= 0.3 is 5.97 Å². The van der Waals surface area contributed by atoms with E-state index in [0.29, 0.717) is 15.7 Å². The van der Waals surface area contributed by atoms with Gasteiger partial charge in [-0.3, -0.25) is 4.79 Å². The van der Waals surface area contributed by atoms with E-state index in [1.54, 1.807) is 19.1 Å². The van der Waals surface area contributed by atoms with E-state index in [2.05, 4.69) is 21.2 Å². The predicted molar refractivity (Wildman–Crippen MR) is 98.7 cm³/mol. The van der Waals surface area contributed by atoms with E-state index in [-0.39, 0.29) is 17.7 Å². The molecule has 0 radical (unpaired) electrons. The summed E-state index contributed by atoms with van der Waals surface area (Å²) in [6.07, 6.45) is 1.17. The standard InChI is InChI=1S/C19H14BrFN2O3/c1-2-26-19(25)12-4-7-16(8-5-12)23-18(24)14(11-22)9-13-3-6-15(20)10-17(13)21/h3-10H,2H2,1H3,(H,23,24)/b14-9+. The molecule has 1 amide bonds. The van der Waals surface area contributed by atoms with Gasteiger partial charge in [0.05, 0.1) is 12.2 Å². The minimum atomic E-state index is -0.682. The van der Waals surface area contributed by atoms with Crippen molar-refractivity contribution in [2.24, 2.45) is 0 Å². The number of carbonyl (C=O) groups excluding carboxylic acids is 2. The van der Waals surface area contributed by atoms with Crippen molar-refractivity contribution in [3.63, 3.8) is 0 Å². The Hall–Kier alpha value is -2.98. The van der Waals surface area contributed by atoms with E-state index in [9.17, 15) is 19.2 Å². The van der Waals surface area contributed by atoms with Gasteiger partial charge in [-0.2, -0.15) is 5.26 Å². The van der Waals surface area contributed by atoms with Crippen LogP contribution in [0.5, 0.6) is 0 Å². The molecule has 26 heavy (non-hydrogen) atoms. The maximum atomic E-state index is 13.9. The number of hydrogen-bond acceptors (Lipinski definition) is 4. The summed E-state index contributed by atoms with van der Waals surface area (Å²) < 4.78 is 19.3. The van der Waals surface area contributed by atoms with Gasteiger partial charge in [0, 0.05) is 15.7 Å².